The molecule has 2 nitrogen and oxygen atoms in total. The standard InChI is InChI=1S/C54H64N2/c1-9-13-29-55(30-14-10-2)45-25-21-41(22-26-45)47-33-43-35-50-44(36-49(43)53-39(7)19-17-37(5)51(47)53)34-48(52-38(6)18-20-40(8)54(50)52)42-23-27-46(28-24-42)56(31-15-11-3)32-16-12-4/h17-28,33-36H,9-16,29-32H2,1-8H3. The minimum absolute atomic E-state index is 1.12. The van der Waals surface area contributed by atoms with Gasteiger partial charge in [-0.15, -0.1) is 0 Å². The molecule has 56 heavy (non-hydrogen) atoms. The zero-order valence-electron chi connectivity index (χ0n) is 35.6. The summed E-state index contributed by atoms with van der Waals surface area (Å²) in [4.78, 5) is 5.18. The van der Waals surface area contributed by atoms with E-state index >= 15 is 0 Å². The van der Waals surface area contributed by atoms with Gasteiger partial charge in [-0.1, -0.05) is 102 Å². The maximum absolute atomic E-state index is 2.59. The van der Waals surface area contributed by atoms with Gasteiger partial charge in [-0.25, -0.2) is 0 Å². The Hall–Kier alpha value is -4.82. The van der Waals surface area contributed by atoms with Crippen molar-refractivity contribution in [3.63, 3.8) is 0 Å². The van der Waals surface area contributed by atoms with Gasteiger partial charge < -0.3 is 9.80 Å². The van der Waals surface area contributed by atoms with E-state index in [9.17, 15) is 0 Å². The highest BCUT2D eigenvalue weighted by Gasteiger charge is 2.18. The molecule has 0 saturated heterocycles. The van der Waals surface area contributed by atoms with Crippen LogP contribution in [0.15, 0.2) is 97.1 Å². The molecular weight excluding hydrogens is 677 g/mol. The molecule has 7 rings (SSSR count). The molecule has 0 aliphatic carbocycles. The molecule has 0 atom stereocenters. The van der Waals surface area contributed by atoms with Crippen LogP contribution in [0.1, 0.15) is 101 Å². The Labute approximate surface area is 337 Å². The normalized spacial score (nSPS) is 11.7. The van der Waals surface area contributed by atoms with Crippen LogP contribution in [0.3, 0.4) is 0 Å². The van der Waals surface area contributed by atoms with Gasteiger partial charge in [-0.05, 0) is 190 Å². The van der Waals surface area contributed by atoms with Gasteiger partial charge in [0, 0.05) is 37.6 Å². The number of unbranched alkanes of at least 4 members (excludes halogenated alkanes) is 4. The number of hydrogen-bond donors (Lipinski definition) is 0. The number of nitrogens with zero attached hydrogens (tertiary/aromatic N) is 2. The molecule has 0 heterocycles. The van der Waals surface area contributed by atoms with E-state index in [1.54, 1.807) is 0 Å². The van der Waals surface area contributed by atoms with Gasteiger partial charge in [0.1, 0.15) is 0 Å². The molecule has 0 aliphatic rings. The van der Waals surface area contributed by atoms with Crippen LogP contribution in [-0.4, -0.2) is 26.2 Å². The minimum atomic E-state index is 1.12. The third-order valence-electron chi connectivity index (χ3n) is 12.4. The number of benzene rings is 7. The van der Waals surface area contributed by atoms with E-state index in [-0.39, 0.29) is 0 Å². The number of anilines is 2. The van der Waals surface area contributed by atoms with Gasteiger partial charge in [-0.3, -0.25) is 0 Å². The van der Waals surface area contributed by atoms with Crippen molar-refractivity contribution in [3.05, 3.63) is 119 Å². The Morgan fingerprint density at radius 3 is 0.964 bits per heavy atom. The predicted molar refractivity (Wildman–Crippen MR) is 250 cm³/mol. The van der Waals surface area contributed by atoms with Crippen molar-refractivity contribution in [2.75, 3.05) is 36.0 Å². The molecule has 0 aromatic heterocycles. The lowest BCUT2D eigenvalue weighted by Gasteiger charge is -2.25. The lowest BCUT2D eigenvalue weighted by Crippen LogP contribution is -2.25. The molecule has 0 amide bonds. The maximum atomic E-state index is 2.59. The van der Waals surface area contributed by atoms with E-state index < -0.39 is 0 Å². The summed E-state index contributed by atoms with van der Waals surface area (Å²) in [7, 11) is 0. The van der Waals surface area contributed by atoms with Gasteiger partial charge in [-0.2, -0.15) is 0 Å². The van der Waals surface area contributed by atoms with Crippen molar-refractivity contribution in [3.8, 4) is 22.3 Å². The molecule has 0 unspecified atom stereocenters. The lowest BCUT2D eigenvalue weighted by atomic mass is 9.85. The van der Waals surface area contributed by atoms with Gasteiger partial charge in [0.05, 0.1) is 0 Å². The fourth-order valence-electron chi connectivity index (χ4n) is 9.07. The first-order valence-corrected chi connectivity index (χ1v) is 21.8. The zero-order chi connectivity index (χ0) is 39.3. The highest BCUT2D eigenvalue weighted by atomic mass is 15.1. The monoisotopic (exact) mass is 741 g/mol. The number of rotatable bonds is 16. The van der Waals surface area contributed by atoms with E-state index in [1.807, 2.05) is 0 Å². The molecule has 2 heteroatoms. The Morgan fingerprint density at radius 1 is 0.357 bits per heavy atom. The van der Waals surface area contributed by atoms with Crippen LogP contribution in [0.25, 0.3) is 65.3 Å². The van der Waals surface area contributed by atoms with Crippen molar-refractivity contribution >= 4 is 54.5 Å². The molecule has 0 bridgehead atoms. The fourth-order valence-corrected chi connectivity index (χ4v) is 9.07. The average Bonchev–Trinajstić information content (AvgIpc) is 3.22. The van der Waals surface area contributed by atoms with Crippen LogP contribution in [0.5, 0.6) is 0 Å². The first-order chi connectivity index (χ1) is 27.3. The Balaban J connectivity index is 1.41. The van der Waals surface area contributed by atoms with E-state index in [2.05, 4.69) is 162 Å². The first kappa shape index (κ1) is 39.4. The highest BCUT2D eigenvalue weighted by Crippen LogP contribution is 2.44. The summed E-state index contributed by atoms with van der Waals surface area (Å²) in [5, 5.41) is 10.8. The van der Waals surface area contributed by atoms with Crippen molar-refractivity contribution in [2.24, 2.45) is 0 Å². The van der Waals surface area contributed by atoms with E-state index in [4.69, 9.17) is 0 Å². The van der Waals surface area contributed by atoms with Crippen molar-refractivity contribution < 1.29 is 0 Å². The predicted octanol–water partition coefficient (Wildman–Crippen LogP) is 15.7. The van der Waals surface area contributed by atoms with Crippen LogP contribution in [0.4, 0.5) is 11.4 Å². The highest BCUT2D eigenvalue weighted by molar-refractivity contribution is 6.23. The lowest BCUT2D eigenvalue weighted by molar-refractivity contribution is 0.678. The maximum Gasteiger partial charge on any atom is 0.0366 e. The first-order valence-electron chi connectivity index (χ1n) is 21.8. The Morgan fingerprint density at radius 2 is 0.661 bits per heavy atom. The molecule has 0 spiro atoms. The van der Waals surface area contributed by atoms with Crippen molar-refractivity contribution in [1.82, 2.24) is 0 Å². The third kappa shape index (κ3) is 7.77. The fraction of sp³-hybridized carbons (Fsp3) is 0.370. The summed E-state index contributed by atoms with van der Waals surface area (Å²) in [5.41, 5.74) is 13.2. The molecule has 7 aromatic carbocycles. The second kappa shape index (κ2) is 17.5. The van der Waals surface area contributed by atoms with Crippen LogP contribution in [0, 0.1) is 27.7 Å². The smallest absolute Gasteiger partial charge is 0.0366 e. The molecule has 0 radical (unpaired) electrons. The van der Waals surface area contributed by atoms with Crippen molar-refractivity contribution in [2.45, 2.75) is 107 Å². The van der Waals surface area contributed by atoms with Gasteiger partial charge in [0.25, 0.3) is 0 Å². The summed E-state index contributed by atoms with van der Waals surface area (Å²) < 4.78 is 0. The quantitative estimate of drug-likeness (QED) is 0.0719. The summed E-state index contributed by atoms with van der Waals surface area (Å²) in [5.74, 6) is 0. The zero-order valence-corrected chi connectivity index (χ0v) is 35.6. The molecule has 0 fully saturated rings. The molecule has 0 N–H and O–H groups in total. The summed E-state index contributed by atoms with van der Waals surface area (Å²) in [6, 6.07) is 38.2. The summed E-state index contributed by atoms with van der Waals surface area (Å²) in [6.07, 6.45) is 9.79. The minimum Gasteiger partial charge on any atom is -0.372 e. The second-order valence-electron chi connectivity index (χ2n) is 16.5. The SMILES string of the molecule is CCCCN(CCCC)c1ccc(-c2cc3cc4c(cc(-c5ccc(N(CCCC)CCCC)cc5)c5c(C)ccc(C)c54)cc3c3c(C)ccc(C)c23)cc1. The molecule has 0 aliphatic heterocycles. The van der Waals surface area contributed by atoms with Gasteiger partial charge >= 0.3 is 0 Å². The van der Waals surface area contributed by atoms with E-state index in [0.717, 1.165) is 26.2 Å². The Bertz CT molecular complexity index is 2260. The number of hydrogen-bond acceptors (Lipinski definition) is 2. The topological polar surface area (TPSA) is 6.48 Å². The second-order valence-corrected chi connectivity index (χ2v) is 16.5. The van der Waals surface area contributed by atoms with Crippen LogP contribution in [-0.2, 0) is 0 Å². The average molecular weight is 741 g/mol. The number of fused-ring (bicyclic) bond motifs is 6. The van der Waals surface area contributed by atoms with Crippen LogP contribution in [0.2, 0.25) is 0 Å². The third-order valence-corrected chi connectivity index (χ3v) is 12.4. The summed E-state index contributed by atoms with van der Waals surface area (Å²) in [6.45, 7) is 22.8. The Kier molecular flexibility index (Phi) is 12.3. The van der Waals surface area contributed by atoms with Gasteiger partial charge in [0.2, 0.25) is 0 Å². The molecule has 7 aromatic rings. The molecule has 0 saturated carbocycles. The van der Waals surface area contributed by atoms with Gasteiger partial charge in [0.15, 0.2) is 0 Å². The van der Waals surface area contributed by atoms with Crippen molar-refractivity contribution in [1.29, 1.82) is 0 Å². The van der Waals surface area contributed by atoms with Crippen LogP contribution >= 0.6 is 0 Å². The van der Waals surface area contributed by atoms with Crippen LogP contribution < -0.4 is 9.80 Å². The molecule has 290 valence electrons. The largest absolute Gasteiger partial charge is 0.372 e. The van der Waals surface area contributed by atoms with E-state index in [1.165, 1.54) is 150 Å². The molecular formula is C54H64N2. The number of aryl methyl sites for hydroxylation is 4. The van der Waals surface area contributed by atoms with E-state index in [0.29, 0.717) is 0 Å². The summed E-state index contributed by atoms with van der Waals surface area (Å²) >= 11 is 0.